The molecule has 5 nitrogen and oxygen atoms in total. The first-order valence-electron chi connectivity index (χ1n) is 6.68. The van der Waals surface area contributed by atoms with Crippen molar-refractivity contribution in [3.05, 3.63) is 48.5 Å². The molecule has 21 heavy (non-hydrogen) atoms. The zero-order chi connectivity index (χ0) is 15.1. The van der Waals surface area contributed by atoms with Crippen LogP contribution in [0.4, 0.5) is 10.5 Å². The maximum absolute atomic E-state index is 11.4. The van der Waals surface area contributed by atoms with Crippen LogP contribution in [0.15, 0.2) is 48.5 Å². The largest absolute Gasteiger partial charge is 0.493 e. The van der Waals surface area contributed by atoms with E-state index >= 15 is 0 Å². The van der Waals surface area contributed by atoms with E-state index in [1.807, 2.05) is 31.2 Å². The Balaban J connectivity index is 2.04. The molecular weight excluding hydrogens is 268 g/mol. The van der Waals surface area contributed by atoms with Gasteiger partial charge in [-0.1, -0.05) is 12.1 Å². The lowest BCUT2D eigenvalue weighted by atomic mass is 10.3. The maximum atomic E-state index is 11.4. The molecule has 2 aromatic rings. The number of hydrogen-bond acceptors (Lipinski definition) is 3. The number of amides is 2. The maximum Gasteiger partial charge on any atom is 0.319 e. The van der Waals surface area contributed by atoms with Gasteiger partial charge in [0.25, 0.3) is 0 Å². The summed E-state index contributed by atoms with van der Waals surface area (Å²) in [5.74, 6) is 1.98. The van der Waals surface area contributed by atoms with Gasteiger partial charge in [0.15, 0.2) is 11.5 Å². The van der Waals surface area contributed by atoms with Gasteiger partial charge in [0.05, 0.1) is 7.11 Å². The van der Waals surface area contributed by atoms with Gasteiger partial charge in [-0.15, -0.1) is 0 Å². The third-order valence-corrected chi connectivity index (χ3v) is 2.75. The van der Waals surface area contributed by atoms with Crippen molar-refractivity contribution in [3.63, 3.8) is 0 Å². The minimum absolute atomic E-state index is 0.226. The molecule has 0 atom stereocenters. The molecule has 2 aromatic carbocycles. The number of methoxy groups -OCH3 is 1. The van der Waals surface area contributed by atoms with Crippen molar-refractivity contribution in [2.24, 2.45) is 0 Å². The zero-order valence-electron chi connectivity index (χ0n) is 12.1. The third kappa shape index (κ3) is 4.14. The molecule has 110 valence electrons. The standard InChI is InChI=1S/C16H18N2O3/c1-3-17-16(19)18-12-8-10-13(11-9-12)21-15-7-5-4-6-14(15)20-2/h4-11H,3H2,1-2H3,(H2,17,18,19). The van der Waals surface area contributed by atoms with Gasteiger partial charge >= 0.3 is 6.03 Å². The van der Waals surface area contributed by atoms with Gasteiger partial charge in [0.1, 0.15) is 5.75 Å². The van der Waals surface area contributed by atoms with Crippen molar-refractivity contribution in [1.82, 2.24) is 5.32 Å². The Hall–Kier alpha value is -2.69. The average molecular weight is 286 g/mol. The fourth-order valence-electron chi connectivity index (χ4n) is 1.77. The van der Waals surface area contributed by atoms with Crippen LogP contribution in [-0.4, -0.2) is 19.7 Å². The number of rotatable bonds is 5. The average Bonchev–Trinajstić information content (AvgIpc) is 2.50. The van der Waals surface area contributed by atoms with Crippen LogP contribution in [-0.2, 0) is 0 Å². The number of nitrogens with one attached hydrogen (secondary N) is 2. The molecule has 0 unspecified atom stereocenters. The lowest BCUT2D eigenvalue weighted by molar-refractivity contribution is 0.252. The molecule has 0 saturated heterocycles. The van der Waals surface area contributed by atoms with Crippen LogP contribution in [0.2, 0.25) is 0 Å². The topological polar surface area (TPSA) is 59.6 Å². The SMILES string of the molecule is CCNC(=O)Nc1ccc(Oc2ccccc2OC)cc1. The molecule has 0 bridgehead atoms. The lowest BCUT2D eigenvalue weighted by Crippen LogP contribution is -2.28. The predicted octanol–water partition coefficient (Wildman–Crippen LogP) is 3.63. The molecule has 0 aliphatic rings. The van der Waals surface area contributed by atoms with Crippen molar-refractivity contribution in [2.75, 3.05) is 19.0 Å². The number of ether oxygens (including phenoxy) is 2. The first kappa shape index (κ1) is 14.7. The summed E-state index contributed by atoms with van der Waals surface area (Å²) < 4.78 is 11.0. The summed E-state index contributed by atoms with van der Waals surface area (Å²) in [5, 5.41) is 5.39. The van der Waals surface area contributed by atoms with Crippen LogP contribution in [0, 0.1) is 0 Å². The van der Waals surface area contributed by atoms with Gasteiger partial charge in [0.2, 0.25) is 0 Å². The number of hydrogen-bond donors (Lipinski definition) is 2. The van der Waals surface area contributed by atoms with Gasteiger partial charge in [0, 0.05) is 12.2 Å². The Labute approximate surface area is 123 Å². The van der Waals surface area contributed by atoms with Crippen LogP contribution in [0.1, 0.15) is 6.92 Å². The highest BCUT2D eigenvalue weighted by Crippen LogP contribution is 2.31. The van der Waals surface area contributed by atoms with Crippen LogP contribution < -0.4 is 20.1 Å². The normalized spacial score (nSPS) is 9.81. The molecule has 0 heterocycles. The van der Waals surface area contributed by atoms with Crippen molar-refractivity contribution in [3.8, 4) is 17.2 Å². The van der Waals surface area contributed by atoms with Gasteiger partial charge in [-0.2, -0.15) is 0 Å². The van der Waals surface area contributed by atoms with Crippen LogP contribution in [0.3, 0.4) is 0 Å². The van der Waals surface area contributed by atoms with E-state index in [0.717, 1.165) is 0 Å². The first-order chi connectivity index (χ1) is 10.2. The molecule has 0 saturated carbocycles. The molecule has 0 fully saturated rings. The summed E-state index contributed by atoms with van der Waals surface area (Å²) in [4.78, 5) is 11.4. The number of carbonyl (C=O) groups excluding carboxylic acids is 1. The van der Waals surface area contributed by atoms with E-state index in [2.05, 4.69) is 10.6 Å². The van der Waals surface area contributed by atoms with E-state index in [0.29, 0.717) is 29.5 Å². The highest BCUT2D eigenvalue weighted by atomic mass is 16.5. The molecule has 0 aromatic heterocycles. The monoisotopic (exact) mass is 286 g/mol. The van der Waals surface area contributed by atoms with Crippen LogP contribution >= 0.6 is 0 Å². The fraction of sp³-hybridized carbons (Fsp3) is 0.188. The second-order valence-corrected chi connectivity index (χ2v) is 4.26. The van der Waals surface area contributed by atoms with Gasteiger partial charge in [-0.3, -0.25) is 0 Å². The molecule has 2 rings (SSSR count). The number of para-hydroxylation sites is 2. The lowest BCUT2D eigenvalue weighted by Gasteiger charge is -2.11. The number of benzene rings is 2. The minimum Gasteiger partial charge on any atom is -0.493 e. The molecule has 0 aliphatic heterocycles. The first-order valence-corrected chi connectivity index (χ1v) is 6.68. The van der Waals surface area contributed by atoms with Crippen LogP contribution in [0.25, 0.3) is 0 Å². The van der Waals surface area contributed by atoms with Crippen molar-refractivity contribution >= 4 is 11.7 Å². The number of urea groups is 1. The summed E-state index contributed by atoms with van der Waals surface area (Å²) >= 11 is 0. The Morgan fingerprint density at radius 2 is 1.71 bits per heavy atom. The molecule has 5 heteroatoms. The van der Waals surface area contributed by atoms with E-state index in [-0.39, 0.29) is 6.03 Å². The molecule has 2 N–H and O–H groups in total. The van der Waals surface area contributed by atoms with Crippen molar-refractivity contribution in [1.29, 1.82) is 0 Å². The summed E-state index contributed by atoms with van der Waals surface area (Å²) in [6, 6.07) is 14.3. The molecule has 0 spiro atoms. The Morgan fingerprint density at radius 3 is 2.33 bits per heavy atom. The van der Waals surface area contributed by atoms with E-state index in [4.69, 9.17) is 9.47 Å². The van der Waals surface area contributed by atoms with Crippen molar-refractivity contribution < 1.29 is 14.3 Å². The van der Waals surface area contributed by atoms with Gasteiger partial charge < -0.3 is 20.1 Å². The highest BCUT2D eigenvalue weighted by molar-refractivity contribution is 5.89. The molecule has 0 radical (unpaired) electrons. The fourth-order valence-corrected chi connectivity index (χ4v) is 1.77. The Morgan fingerprint density at radius 1 is 1.05 bits per heavy atom. The summed E-state index contributed by atoms with van der Waals surface area (Å²) in [7, 11) is 1.60. The Kier molecular flexibility index (Phi) is 5.04. The minimum atomic E-state index is -0.226. The van der Waals surface area contributed by atoms with Crippen molar-refractivity contribution in [2.45, 2.75) is 6.92 Å². The third-order valence-electron chi connectivity index (χ3n) is 2.75. The smallest absolute Gasteiger partial charge is 0.319 e. The molecular formula is C16H18N2O3. The van der Waals surface area contributed by atoms with E-state index in [1.54, 1.807) is 31.4 Å². The summed E-state index contributed by atoms with van der Waals surface area (Å²) in [5.41, 5.74) is 0.702. The van der Waals surface area contributed by atoms with Gasteiger partial charge in [-0.25, -0.2) is 4.79 Å². The second kappa shape index (κ2) is 7.19. The summed E-state index contributed by atoms with van der Waals surface area (Å²) in [6.07, 6.45) is 0. The second-order valence-electron chi connectivity index (χ2n) is 4.26. The molecule has 0 aliphatic carbocycles. The number of anilines is 1. The summed E-state index contributed by atoms with van der Waals surface area (Å²) in [6.45, 7) is 2.45. The zero-order valence-corrected chi connectivity index (χ0v) is 12.1. The molecule has 2 amide bonds. The predicted molar refractivity (Wildman–Crippen MR) is 82.2 cm³/mol. The quantitative estimate of drug-likeness (QED) is 0.882. The van der Waals surface area contributed by atoms with Crippen LogP contribution in [0.5, 0.6) is 17.2 Å². The van der Waals surface area contributed by atoms with Gasteiger partial charge in [-0.05, 0) is 43.3 Å². The number of carbonyl (C=O) groups is 1. The van der Waals surface area contributed by atoms with E-state index in [1.165, 1.54) is 0 Å². The van der Waals surface area contributed by atoms with E-state index < -0.39 is 0 Å². The van der Waals surface area contributed by atoms with E-state index in [9.17, 15) is 4.79 Å². The Bertz CT molecular complexity index is 597. The highest BCUT2D eigenvalue weighted by Gasteiger charge is 2.05.